The fourth-order valence-corrected chi connectivity index (χ4v) is 4.41. The lowest BCUT2D eigenvalue weighted by atomic mass is 9.98. The number of hydrogen-bond acceptors (Lipinski definition) is 2. The number of rotatable bonds is 6. The molecule has 2 aromatic carbocycles. The third-order valence-corrected chi connectivity index (χ3v) is 6.54. The van der Waals surface area contributed by atoms with Crippen molar-refractivity contribution in [2.45, 2.75) is 39.2 Å². The molecule has 168 valence electrons. The SMILES string of the molecule is CC(C)c1ccc(Cn2c(C(=O)N3CCC(CF)CC3)cc3ccc(C(=N)N)cc32)cc1. The smallest absolute Gasteiger partial charge is 0.270 e. The second kappa shape index (κ2) is 9.15. The number of amidine groups is 1. The molecule has 1 aliphatic heterocycles. The molecule has 1 fully saturated rings. The predicted octanol–water partition coefficient (Wildman–Crippen LogP) is 4.92. The number of nitrogens with one attached hydrogen (secondary N) is 1. The molecular weight excluding hydrogens is 403 g/mol. The summed E-state index contributed by atoms with van der Waals surface area (Å²) in [6.07, 6.45) is 1.40. The molecule has 0 spiro atoms. The van der Waals surface area contributed by atoms with E-state index in [1.54, 1.807) is 0 Å². The van der Waals surface area contributed by atoms with E-state index in [1.807, 2.05) is 33.7 Å². The molecule has 0 radical (unpaired) electrons. The van der Waals surface area contributed by atoms with Crippen LogP contribution in [0.4, 0.5) is 4.39 Å². The second-order valence-corrected chi connectivity index (χ2v) is 9.09. The first kappa shape index (κ1) is 22.1. The highest BCUT2D eigenvalue weighted by molar-refractivity contribution is 6.02. The molecule has 0 aliphatic carbocycles. The summed E-state index contributed by atoms with van der Waals surface area (Å²) in [6.45, 7) is 5.72. The van der Waals surface area contributed by atoms with Gasteiger partial charge in [0.1, 0.15) is 11.5 Å². The van der Waals surface area contributed by atoms with Gasteiger partial charge in [-0.2, -0.15) is 0 Å². The number of hydrogen-bond donors (Lipinski definition) is 2. The molecule has 6 heteroatoms. The number of carbonyl (C=O) groups excluding carboxylic acids is 1. The molecule has 5 nitrogen and oxygen atoms in total. The Balaban J connectivity index is 1.72. The van der Waals surface area contributed by atoms with Crippen molar-refractivity contribution < 1.29 is 9.18 Å². The summed E-state index contributed by atoms with van der Waals surface area (Å²) in [5, 5.41) is 8.76. The summed E-state index contributed by atoms with van der Waals surface area (Å²) < 4.78 is 15.0. The van der Waals surface area contributed by atoms with Crippen molar-refractivity contribution >= 4 is 22.6 Å². The van der Waals surface area contributed by atoms with Crippen LogP contribution in [0.15, 0.2) is 48.5 Å². The lowest BCUT2D eigenvalue weighted by Crippen LogP contribution is -2.39. The average Bonchev–Trinajstić information content (AvgIpc) is 3.16. The summed E-state index contributed by atoms with van der Waals surface area (Å²) in [5.41, 5.74) is 10.2. The number of fused-ring (bicyclic) bond motifs is 1. The molecule has 3 N–H and O–H groups in total. The molecule has 1 aliphatic rings. The number of benzene rings is 2. The van der Waals surface area contributed by atoms with Gasteiger partial charge in [-0.1, -0.05) is 50.2 Å². The van der Waals surface area contributed by atoms with Crippen LogP contribution >= 0.6 is 0 Å². The van der Waals surface area contributed by atoms with Gasteiger partial charge in [0.15, 0.2) is 0 Å². The monoisotopic (exact) mass is 434 g/mol. The van der Waals surface area contributed by atoms with Gasteiger partial charge in [-0.25, -0.2) is 0 Å². The third kappa shape index (κ3) is 4.40. The lowest BCUT2D eigenvalue weighted by Gasteiger charge is -2.31. The number of nitrogen functional groups attached to an aromatic ring is 1. The topological polar surface area (TPSA) is 75.1 Å². The quantitative estimate of drug-likeness (QED) is 0.427. The Labute approximate surface area is 188 Å². The highest BCUT2D eigenvalue weighted by atomic mass is 19.1. The fraction of sp³-hybridized carbons (Fsp3) is 0.385. The fourth-order valence-electron chi connectivity index (χ4n) is 4.41. The minimum atomic E-state index is -0.317. The van der Waals surface area contributed by atoms with Gasteiger partial charge in [0.2, 0.25) is 0 Å². The number of nitrogens with zero attached hydrogens (tertiary/aromatic N) is 2. The Hall–Kier alpha value is -3.15. The Morgan fingerprint density at radius 1 is 1.12 bits per heavy atom. The summed E-state index contributed by atoms with van der Waals surface area (Å²) >= 11 is 0. The van der Waals surface area contributed by atoms with Gasteiger partial charge >= 0.3 is 0 Å². The molecule has 4 rings (SSSR count). The van der Waals surface area contributed by atoms with Gasteiger partial charge in [0.05, 0.1) is 6.67 Å². The minimum absolute atomic E-state index is 0.00195. The van der Waals surface area contributed by atoms with Crippen LogP contribution in [0.25, 0.3) is 10.9 Å². The number of amides is 1. The van der Waals surface area contributed by atoms with Gasteiger partial charge in [-0.15, -0.1) is 0 Å². The van der Waals surface area contributed by atoms with E-state index in [2.05, 4.69) is 38.1 Å². The molecule has 1 aromatic heterocycles. The summed E-state index contributed by atoms with van der Waals surface area (Å²) in [5.74, 6) is 0.491. The van der Waals surface area contributed by atoms with E-state index < -0.39 is 0 Å². The van der Waals surface area contributed by atoms with Crippen molar-refractivity contribution in [3.8, 4) is 0 Å². The van der Waals surface area contributed by atoms with Crippen molar-refractivity contribution in [2.75, 3.05) is 19.8 Å². The molecule has 1 amide bonds. The van der Waals surface area contributed by atoms with E-state index in [9.17, 15) is 9.18 Å². The zero-order valence-electron chi connectivity index (χ0n) is 18.8. The van der Waals surface area contributed by atoms with Crippen molar-refractivity contribution in [3.63, 3.8) is 0 Å². The van der Waals surface area contributed by atoms with Gasteiger partial charge in [0.25, 0.3) is 5.91 Å². The van der Waals surface area contributed by atoms with E-state index in [4.69, 9.17) is 11.1 Å². The molecule has 0 unspecified atom stereocenters. The zero-order chi connectivity index (χ0) is 22.8. The predicted molar refractivity (Wildman–Crippen MR) is 127 cm³/mol. The molecule has 1 saturated heterocycles. The number of carbonyl (C=O) groups is 1. The third-order valence-electron chi connectivity index (χ3n) is 6.54. The van der Waals surface area contributed by atoms with Crippen LogP contribution in [-0.2, 0) is 6.54 Å². The summed E-state index contributed by atoms with van der Waals surface area (Å²) in [4.78, 5) is 15.3. The second-order valence-electron chi connectivity index (χ2n) is 9.09. The van der Waals surface area contributed by atoms with Crippen LogP contribution in [-0.4, -0.2) is 41.0 Å². The van der Waals surface area contributed by atoms with Crippen LogP contribution in [0.5, 0.6) is 0 Å². The van der Waals surface area contributed by atoms with Crippen LogP contribution < -0.4 is 5.73 Å². The Morgan fingerprint density at radius 3 is 2.41 bits per heavy atom. The first-order chi connectivity index (χ1) is 15.4. The highest BCUT2D eigenvalue weighted by Gasteiger charge is 2.26. The maximum absolute atomic E-state index is 13.5. The van der Waals surface area contributed by atoms with E-state index in [0.717, 1.165) is 16.5 Å². The molecule has 0 atom stereocenters. The minimum Gasteiger partial charge on any atom is -0.384 e. The van der Waals surface area contributed by atoms with Crippen molar-refractivity contribution in [2.24, 2.45) is 11.7 Å². The maximum atomic E-state index is 13.5. The Kier molecular flexibility index (Phi) is 6.31. The van der Waals surface area contributed by atoms with Crippen LogP contribution in [0.3, 0.4) is 0 Å². The number of aromatic nitrogens is 1. The summed E-state index contributed by atoms with van der Waals surface area (Å²) in [7, 11) is 0. The molecule has 0 saturated carbocycles. The zero-order valence-corrected chi connectivity index (χ0v) is 18.8. The first-order valence-corrected chi connectivity index (χ1v) is 11.3. The number of halogens is 1. The largest absolute Gasteiger partial charge is 0.384 e. The Morgan fingerprint density at radius 2 is 1.81 bits per heavy atom. The van der Waals surface area contributed by atoms with Gasteiger partial charge < -0.3 is 15.2 Å². The Bertz CT molecular complexity index is 1120. The molecule has 32 heavy (non-hydrogen) atoms. The number of likely N-dealkylation sites (tertiary alicyclic amines) is 1. The van der Waals surface area contributed by atoms with E-state index in [0.29, 0.717) is 49.7 Å². The van der Waals surface area contributed by atoms with E-state index in [1.165, 1.54) is 5.56 Å². The molecule has 0 bridgehead atoms. The normalized spacial score (nSPS) is 14.9. The van der Waals surface area contributed by atoms with E-state index >= 15 is 0 Å². The lowest BCUT2D eigenvalue weighted by molar-refractivity contribution is 0.0668. The number of alkyl halides is 1. The summed E-state index contributed by atoms with van der Waals surface area (Å²) in [6, 6.07) is 16.0. The van der Waals surface area contributed by atoms with Gasteiger partial charge in [-0.3, -0.25) is 14.6 Å². The molecule has 3 aromatic rings. The van der Waals surface area contributed by atoms with Gasteiger partial charge in [0, 0.05) is 36.1 Å². The van der Waals surface area contributed by atoms with Crippen LogP contribution in [0.1, 0.15) is 59.8 Å². The first-order valence-electron chi connectivity index (χ1n) is 11.3. The van der Waals surface area contributed by atoms with Crippen molar-refractivity contribution in [3.05, 3.63) is 70.9 Å². The maximum Gasteiger partial charge on any atom is 0.270 e. The standard InChI is InChI=1S/C26H31FN4O/c1-17(2)20-5-3-19(4-6-20)16-31-23-14-22(25(28)29)8-7-21(23)13-24(31)26(32)30-11-9-18(15-27)10-12-30/h3-8,13-14,17-18H,9-12,15-16H2,1-2H3,(H3,28,29). The number of nitrogens with two attached hydrogens (primary N) is 1. The molecular formula is C26H31FN4O. The van der Waals surface area contributed by atoms with Crippen LogP contribution in [0.2, 0.25) is 0 Å². The number of piperidine rings is 1. The van der Waals surface area contributed by atoms with Gasteiger partial charge in [-0.05, 0) is 47.9 Å². The molecule has 2 heterocycles. The highest BCUT2D eigenvalue weighted by Crippen LogP contribution is 2.26. The average molecular weight is 435 g/mol. The van der Waals surface area contributed by atoms with E-state index in [-0.39, 0.29) is 24.3 Å². The van der Waals surface area contributed by atoms with Crippen molar-refractivity contribution in [1.29, 1.82) is 5.41 Å². The van der Waals surface area contributed by atoms with Crippen LogP contribution in [0, 0.1) is 11.3 Å². The van der Waals surface area contributed by atoms with Crippen molar-refractivity contribution in [1.82, 2.24) is 9.47 Å².